The second kappa shape index (κ2) is 8.25. The van der Waals surface area contributed by atoms with E-state index in [1.165, 1.54) is 34.8 Å². The summed E-state index contributed by atoms with van der Waals surface area (Å²) >= 11 is 1.87. The van der Waals surface area contributed by atoms with Gasteiger partial charge in [0.2, 0.25) is 0 Å². The van der Waals surface area contributed by atoms with Crippen molar-refractivity contribution in [3.05, 3.63) is 15.6 Å². The van der Waals surface area contributed by atoms with Crippen LogP contribution in [0.2, 0.25) is 0 Å². The molecule has 3 nitrogen and oxygen atoms in total. The zero-order valence-corrected chi connectivity index (χ0v) is 14.8. The Kier molecular flexibility index (Phi) is 6.65. The molecule has 0 bridgehead atoms. The van der Waals surface area contributed by atoms with Crippen LogP contribution in [0.15, 0.2) is 0 Å². The number of nitrogens with zero attached hydrogens (tertiary/aromatic N) is 1. The Hall–Kier alpha value is -0.450. The summed E-state index contributed by atoms with van der Waals surface area (Å²) in [5.41, 5.74) is 1.29. The van der Waals surface area contributed by atoms with Crippen LogP contribution in [0.3, 0.4) is 0 Å². The highest BCUT2D eigenvalue weighted by Crippen LogP contribution is 2.44. The quantitative estimate of drug-likeness (QED) is 0.653. The van der Waals surface area contributed by atoms with Crippen LogP contribution in [0.4, 0.5) is 0 Å². The predicted molar refractivity (Wildman–Crippen MR) is 89.7 cm³/mol. The fraction of sp³-hybridized carbons (Fsp3) is 0.824. The summed E-state index contributed by atoms with van der Waals surface area (Å²) in [5, 5.41) is 4.74. The molecule has 21 heavy (non-hydrogen) atoms. The second-order valence-corrected chi connectivity index (χ2v) is 7.53. The highest BCUT2D eigenvalue weighted by atomic mass is 32.1. The smallest absolute Gasteiger partial charge is 0.122 e. The Morgan fingerprint density at radius 1 is 1.33 bits per heavy atom. The third kappa shape index (κ3) is 5.04. The molecule has 1 aromatic rings. The average molecular weight is 311 g/mol. The molecule has 4 heteroatoms. The van der Waals surface area contributed by atoms with Gasteiger partial charge in [0.25, 0.3) is 0 Å². The third-order valence-corrected chi connectivity index (χ3v) is 4.91. The molecule has 0 aliphatic heterocycles. The number of rotatable bonds is 10. The van der Waals surface area contributed by atoms with Crippen molar-refractivity contribution < 1.29 is 4.74 Å². The molecule has 0 radical (unpaired) electrons. The molecule has 0 spiro atoms. The Balaban J connectivity index is 2.12. The van der Waals surface area contributed by atoms with Crippen molar-refractivity contribution >= 4 is 11.3 Å². The summed E-state index contributed by atoms with van der Waals surface area (Å²) in [7, 11) is 0. The van der Waals surface area contributed by atoms with Crippen molar-refractivity contribution in [3.63, 3.8) is 0 Å². The number of hydrogen-bond acceptors (Lipinski definition) is 4. The molecule has 1 fully saturated rings. The number of ether oxygens (including phenoxy) is 1. The van der Waals surface area contributed by atoms with Gasteiger partial charge in [0, 0.05) is 18.0 Å². The molecule has 120 valence electrons. The average Bonchev–Trinajstić information content (AvgIpc) is 3.20. The van der Waals surface area contributed by atoms with Gasteiger partial charge < -0.3 is 10.1 Å². The maximum absolute atomic E-state index is 5.98. The number of nitrogens with one attached hydrogen (secondary N) is 1. The van der Waals surface area contributed by atoms with Gasteiger partial charge in [-0.1, -0.05) is 20.8 Å². The Bertz CT molecular complexity index is 426. The van der Waals surface area contributed by atoms with Crippen LogP contribution in [0.25, 0.3) is 0 Å². The molecule has 0 aromatic carbocycles. The largest absolute Gasteiger partial charge is 0.371 e. The predicted octanol–water partition coefficient (Wildman–Crippen LogP) is 4.33. The van der Waals surface area contributed by atoms with Gasteiger partial charge in [-0.3, -0.25) is 0 Å². The Morgan fingerprint density at radius 3 is 2.67 bits per heavy atom. The highest BCUT2D eigenvalue weighted by molar-refractivity contribution is 7.11. The van der Waals surface area contributed by atoms with Crippen molar-refractivity contribution in [1.29, 1.82) is 0 Å². The minimum atomic E-state index is 0.242. The maximum Gasteiger partial charge on any atom is 0.122 e. The van der Waals surface area contributed by atoms with Crippen molar-refractivity contribution in [2.24, 2.45) is 11.8 Å². The van der Waals surface area contributed by atoms with Gasteiger partial charge in [0.15, 0.2) is 0 Å². The van der Waals surface area contributed by atoms with E-state index >= 15 is 0 Å². The molecule has 1 saturated carbocycles. The van der Waals surface area contributed by atoms with Crippen molar-refractivity contribution in [2.75, 3.05) is 13.2 Å². The van der Waals surface area contributed by atoms with Crippen LogP contribution in [-0.2, 0) is 17.7 Å². The van der Waals surface area contributed by atoms with E-state index < -0.39 is 0 Å². The molecule has 0 amide bonds. The summed E-state index contributed by atoms with van der Waals surface area (Å²) in [5.74, 6) is 1.36. The van der Waals surface area contributed by atoms with E-state index in [1.807, 2.05) is 11.3 Å². The van der Waals surface area contributed by atoms with Gasteiger partial charge in [0.05, 0.1) is 5.69 Å². The summed E-state index contributed by atoms with van der Waals surface area (Å²) in [4.78, 5) is 6.38. The van der Waals surface area contributed by atoms with E-state index in [4.69, 9.17) is 9.72 Å². The van der Waals surface area contributed by atoms with Crippen molar-refractivity contribution in [2.45, 2.75) is 66.0 Å². The lowest BCUT2D eigenvalue weighted by Crippen LogP contribution is -2.14. The fourth-order valence-electron chi connectivity index (χ4n) is 2.58. The molecule has 0 saturated heterocycles. The summed E-state index contributed by atoms with van der Waals surface area (Å²) in [6.45, 7) is 11.6. The van der Waals surface area contributed by atoms with Crippen molar-refractivity contribution in [3.8, 4) is 0 Å². The molecule has 1 heterocycles. The van der Waals surface area contributed by atoms with E-state index in [0.29, 0.717) is 11.8 Å². The summed E-state index contributed by atoms with van der Waals surface area (Å²) in [6.07, 6.45) is 5.09. The first-order valence-electron chi connectivity index (χ1n) is 8.46. The zero-order chi connectivity index (χ0) is 15.2. The van der Waals surface area contributed by atoms with Gasteiger partial charge in [0.1, 0.15) is 11.1 Å². The second-order valence-electron chi connectivity index (χ2n) is 6.41. The molecule has 1 unspecified atom stereocenters. The molecule has 1 N–H and O–H groups in total. The molecule has 1 aromatic heterocycles. The molecular formula is C17H30N2OS. The summed E-state index contributed by atoms with van der Waals surface area (Å²) in [6, 6.07) is 0. The van der Waals surface area contributed by atoms with Crippen LogP contribution >= 0.6 is 11.3 Å². The van der Waals surface area contributed by atoms with Crippen LogP contribution < -0.4 is 5.32 Å². The fourth-order valence-corrected chi connectivity index (χ4v) is 3.78. The topological polar surface area (TPSA) is 34.1 Å². The van der Waals surface area contributed by atoms with Gasteiger partial charge in [-0.2, -0.15) is 0 Å². The third-order valence-electron chi connectivity index (χ3n) is 3.75. The van der Waals surface area contributed by atoms with E-state index in [0.717, 1.165) is 26.1 Å². The molecule has 1 atom stereocenters. The molecule has 2 rings (SSSR count). The van der Waals surface area contributed by atoms with Crippen LogP contribution in [0.5, 0.6) is 0 Å². The number of thiazole rings is 1. The minimum absolute atomic E-state index is 0.242. The Morgan fingerprint density at radius 2 is 2.10 bits per heavy atom. The Labute approximate surface area is 133 Å². The maximum atomic E-state index is 5.98. The van der Waals surface area contributed by atoms with Gasteiger partial charge in [-0.15, -0.1) is 11.3 Å². The lowest BCUT2D eigenvalue weighted by atomic mass is 10.1. The van der Waals surface area contributed by atoms with Crippen LogP contribution in [0, 0.1) is 11.8 Å². The molecule has 1 aliphatic carbocycles. The van der Waals surface area contributed by atoms with Crippen LogP contribution in [-0.4, -0.2) is 18.1 Å². The van der Waals surface area contributed by atoms with Gasteiger partial charge in [-0.05, 0) is 51.0 Å². The van der Waals surface area contributed by atoms with E-state index in [-0.39, 0.29) is 6.10 Å². The number of aromatic nitrogens is 1. The highest BCUT2D eigenvalue weighted by Gasteiger charge is 2.35. The lowest BCUT2D eigenvalue weighted by Gasteiger charge is -2.13. The van der Waals surface area contributed by atoms with E-state index in [9.17, 15) is 0 Å². The lowest BCUT2D eigenvalue weighted by molar-refractivity contribution is 0.0461. The zero-order valence-electron chi connectivity index (χ0n) is 13.9. The molecular weight excluding hydrogens is 280 g/mol. The van der Waals surface area contributed by atoms with Gasteiger partial charge >= 0.3 is 0 Å². The monoisotopic (exact) mass is 310 g/mol. The first-order chi connectivity index (χ1) is 10.2. The summed E-state index contributed by atoms with van der Waals surface area (Å²) < 4.78 is 5.98. The van der Waals surface area contributed by atoms with Crippen LogP contribution in [0.1, 0.15) is 68.6 Å². The minimum Gasteiger partial charge on any atom is -0.371 e. The van der Waals surface area contributed by atoms with E-state index in [1.54, 1.807) is 0 Å². The normalized spacial score (nSPS) is 16.6. The first-order valence-corrected chi connectivity index (χ1v) is 9.28. The van der Waals surface area contributed by atoms with Gasteiger partial charge in [-0.25, -0.2) is 4.98 Å². The molecule has 1 aliphatic rings. The van der Waals surface area contributed by atoms with E-state index in [2.05, 4.69) is 33.0 Å². The van der Waals surface area contributed by atoms with Crippen molar-refractivity contribution in [1.82, 2.24) is 10.3 Å². The SMILES string of the molecule is CCCNCc1sc(C(OCC)C2CC2)nc1CC(C)C. The standard InChI is InChI=1S/C17H30N2OS/c1-5-9-18-11-15-14(10-12(3)4)19-17(21-15)16(20-6-2)13-7-8-13/h12-13,16,18H,5-11H2,1-4H3. The first kappa shape index (κ1) is 16.9. The number of hydrogen-bond donors (Lipinski definition) is 1.